The van der Waals surface area contributed by atoms with Crippen molar-refractivity contribution in [2.75, 3.05) is 13.2 Å². The van der Waals surface area contributed by atoms with Crippen molar-refractivity contribution in [1.29, 1.82) is 0 Å². The highest BCUT2D eigenvalue weighted by Gasteiger charge is 2.30. The summed E-state index contributed by atoms with van der Waals surface area (Å²) in [5.74, 6) is 0.398. The Bertz CT molecular complexity index is 985. The smallest absolute Gasteiger partial charge is 0.416 e. The van der Waals surface area contributed by atoms with Crippen LogP contribution in [0.1, 0.15) is 21.6 Å². The van der Waals surface area contributed by atoms with Crippen LogP contribution >= 0.6 is 0 Å². The molecule has 2 aromatic carbocycles. The van der Waals surface area contributed by atoms with E-state index in [1.54, 1.807) is 17.0 Å². The molecule has 0 radical (unpaired) electrons. The minimum Gasteiger partial charge on any atom is -0.491 e. The number of fused-ring (bicyclic) bond motifs is 1. The molecule has 0 spiro atoms. The molecule has 0 saturated heterocycles. The highest BCUT2D eigenvalue weighted by Crippen LogP contribution is 2.33. The molecule has 0 saturated carbocycles. The van der Waals surface area contributed by atoms with Crippen molar-refractivity contribution in [3.63, 3.8) is 0 Å². The first-order valence-corrected chi connectivity index (χ1v) is 8.50. The van der Waals surface area contributed by atoms with Crippen molar-refractivity contribution >= 4 is 5.91 Å². The van der Waals surface area contributed by atoms with Crippen molar-refractivity contribution in [1.82, 2.24) is 20.3 Å². The molecule has 3 aromatic rings. The van der Waals surface area contributed by atoms with Gasteiger partial charge in [-0.15, -0.1) is 5.10 Å². The summed E-state index contributed by atoms with van der Waals surface area (Å²) in [6.07, 6.45) is -3.02. The number of ether oxygens (including phenoxy) is 1. The molecule has 144 valence electrons. The van der Waals surface area contributed by atoms with Crippen molar-refractivity contribution < 1.29 is 22.7 Å². The molecule has 9 heteroatoms. The molecule has 1 aliphatic heterocycles. The fourth-order valence-corrected chi connectivity index (χ4v) is 3.07. The van der Waals surface area contributed by atoms with E-state index in [2.05, 4.69) is 15.4 Å². The van der Waals surface area contributed by atoms with Gasteiger partial charge in [-0.1, -0.05) is 23.4 Å². The number of aromatic nitrogens is 3. The van der Waals surface area contributed by atoms with E-state index in [4.69, 9.17) is 4.74 Å². The van der Waals surface area contributed by atoms with Crippen LogP contribution in [0.2, 0.25) is 0 Å². The van der Waals surface area contributed by atoms with Crippen molar-refractivity contribution in [3.8, 4) is 16.9 Å². The molecule has 1 aromatic heterocycles. The number of aromatic amines is 1. The fraction of sp³-hybridized carbons (Fsp3) is 0.211. The molecule has 0 aliphatic carbocycles. The van der Waals surface area contributed by atoms with Gasteiger partial charge in [-0.2, -0.15) is 13.2 Å². The number of nitrogens with zero attached hydrogens (tertiary/aromatic N) is 3. The minimum atomic E-state index is -4.37. The number of alkyl halides is 3. The lowest BCUT2D eigenvalue weighted by Crippen LogP contribution is -2.32. The molecular weight excluding hydrogens is 373 g/mol. The van der Waals surface area contributed by atoms with Gasteiger partial charge in [-0.3, -0.25) is 9.89 Å². The van der Waals surface area contributed by atoms with E-state index in [0.717, 1.165) is 23.3 Å². The first-order valence-electron chi connectivity index (χ1n) is 8.50. The third-order valence-electron chi connectivity index (χ3n) is 4.52. The van der Waals surface area contributed by atoms with Gasteiger partial charge < -0.3 is 9.64 Å². The molecule has 1 N–H and O–H groups in total. The van der Waals surface area contributed by atoms with Crippen LogP contribution in [0.25, 0.3) is 11.1 Å². The number of rotatable bonds is 2. The molecule has 1 amide bonds. The summed E-state index contributed by atoms with van der Waals surface area (Å²) in [5.41, 5.74) is 1.75. The molecule has 0 atom stereocenters. The monoisotopic (exact) mass is 388 g/mol. The number of hydrogen-bond acceptors (Lipinski definition) is 4. The van der Waals surface area contributed by atoms with Crippen molar-refractivity contribution in [2.24, 2.45) is 0 Å². The lowest BCUT2D eigenvalue weighted by Gasteiger charge is -2.18. The van der Waals surface area contributed by atoms with Gasteiger partial charge in [0.25, 0.3) is 5.91 Å². The zero-order valence-corrected chi connectivity index (χ0v) is 14.5. The first kappa shape index (κ1) is 18.0. The summed E-state index contributed by atoms with van der Waals surface area (Å²) < 4.78 is 44.0. The minimum absolute atomic E-state index is 0.249. The number of H-pyrrole nitrogens is 1. The van der Waals surface area contributed by atoms with Gasteiger partial charge in [-0.25, -0.2) is 0 Å². The van der Waals surface area contributed by atoms with E-state index >= 15 is 0 Å². The standard InChI is InChI=1S/C19H15F3N4O2/c20-19(21,22)15-4-1-12(2-5-15)13-3-6-17-14(9-13)11-26(7-8-28-17)18(27)16-10-23-25-24-16/h1-6,9-10H,7-8,11H2,(H,23,24,25). The number of carbonyl (C=O) groups is 1. The Morgan fingerprint density at radius 2 is 1.86 bits per heavy atom. The van der Waals surface area contributed by atoms with E-state index in [-0.39, 0.29) is 11.6 Å². The Morgan fingerprint density at radius 1 is 1.11 bits per heavy atom. The van der Waals surface area contributed by atoms with E-state index < -0.39 is 11.7 Å². The average molecular weight is 388 g/mol. The number of hydrogen-bond donors (Lipinski definition) is 1. The molecule has 2 heterocycles. The summed E-state index contributed by atoms with van der Waals surface area (Å²) in [5, 5.41) is 9.72. The van der Waals surface area contributed by atoms with Crippen LogP contribution in [0, 0.1) is 0 Å². The predicted octanol–water partition coefficient (Wildman–Crippen LogP) is 3.53. The zero-order valence-electron chi connectivity index (χ0n) is 14.5. The number of benzene rings is 2. The van der Waals surface area contributed by atoms with Gasteiger partial charge in [0.1, 0.15) is 18.1 Å². The summed E-state index contributed by atoms with van der Waals surface area (Å²) in [6, 6.07) is 10.4. The first-order chi connectivity index (χ1) is 13.4. The van der Waals surface area contributed by atoms with Crippen molar-refractivity contribution in [2.45, 2.75) is 12.7 Å². The van der Waals surface area contributed by atoms with E-state index in [9.17, 15) is 18.0 Å². The Balaban J connectivity index is 1.61. The number of amides is 1. The molecule has 1 aliphatic rings. The van der Waals surface area contributed by atoms with Crippen LogP contribution in [0.3, 0.4) is 0 Å². The summed E-state index contributed by atoms with van der Waals surface area (Å²) in [7, 11) is 0. The Hall–Kier alpha value is -3.36. The van der Waals surface area contributed by atoms with Gasteiger partial charge in [0.05, 0.1) is 18.3 Å². The van der Waals surface area contributed by atoms with Crippen LogP contribution in [-0.4, -0.2) is 39.4 Å². The van der Waals surface area contributed by atoms with E-state index in [0.29, 0.717) is 31.0 Å². The SMILES string of the molecule is O=C(c1cnn[nH]1)N1CCOc2ccc(-c3ccc(C(F)(F)F)cc3)cc2C1. The maximum Gasteiger partial charge on any atom is 0.416 e. The molecule has 0 fully saturated rings. The Kier molecular flexibility index (Phi) is 4.50. The fourth-order valence-electron chi connectivity index (χ4n) is 3.07. The van der Waals surface area contributed by atoms with Gasteiger partial charge in [0.2, 0.25) is 0 Å². The van der Waals surface area contributed by atoms with Gasteiger partial charge in [0, 0.05) is 12.1 Å². The van der Waals surface area contributed by atoms with Crippen LogP contribution in [0.5, 0.6) is 5.75 Å². The van der Waals surface area contributed by atoms with Crippen molar-refractivity contribution in [3.05, 3.63) is 65.5 Å². The van der Waals surface area contributed by atoms with Gasteiger partial charge in [-0.05, 0) is 35.4 Å². The maximum absolute atomic E-state index is 12.8. The second-order valence-electron chi connectivity index (χ2n) is 6.34. The van der Waals surface area contributed by atoms with Crippen LogP contribution in [0.15, 0.2) is 48.7 Å². The number of halogens is 3. The number of carbonyl (C=O) groups excluding carboxylic acids is 1. The third-order valence-corrected chi connectivity index (χ3v) is 4.52. The molecule has 4 rings (SSSR count). The second kappa shape index (κ2) is 6.99. The summed E-state index contributed by atoms with van der Waals surface area (Å²) >= 11 is 0. The second-order valence-corrected chi connectivity index (χ2v) is 6.34. The third kappa shape index (κ3) is 3.55. The highest BCUT2D eigenvalue weighted by atomic mass is 19.4. The van der Waals surface area contributed by atoms with Crippen LogP contribution < -0.4 is 4.74 Å². The quantitative estimate of drug-likeness (QED) is 0.729. The zero-order chi connectivity index (χ0) is 19.7. The Labute approximate surface area is 157 Å². The van der Waals surface area contributed by atoms with Gasteiger partial charge in [0.15, 0.2) is 0 Å². The average Bonchev–Trinajstić information content (AvgIpc) is 3.13. The molecular formula is C19H15F3N4O2. The highest BCUT2D eigenvalue weighted by molar-refractivity contribution is 5.92. The van der Waals surface area contributed by atoms with E-state index in [1.807, 2.05) is 6.07 Å². The molecule has 28 heavy (non-hydrogen) atoms. The molecule has 0 unspecified atom stereocenters. The largest absolute Gasteiger partial charge is 0.491 e. The van der Waals surface area contributed by atoms with Crippen LogP contribution in [-0.2, 0) is 12.7 Å². The maximum atomic E-state index is 12.8. The normalized spacial score (nSPS) is 14.2. The van der Waals surface area contributed by atoms with Crippen LogP contribution in [0.4, 0.5) is 13.2 Å². The van der Waals surface area contributed by atoms with E-state index in [1.165, 1.54) is 18.3 Å². The topological polar surface area (TPSA) is 71.1 Å². The molecule has 6 nitrogen and oxygen atoms in total. The van der Waals surface area contributed by atoms with Gasteiger partial charge >= 0.3 is 6.18 Å². The summed E-state index contributed by atoms with van der Waals surface area (Å²) in [6.45, 7) is 1.03. The Morgan fingerprint density at radius 3 is 2.54 bits per heavy atom. The molecule has 0 bridgehead atoms. The number of nitrogens with one attached hydrogen (secondary N) is 1. The lowest BCUT2D eigenvalue weighted by molar-refractivity contribution is -0.137. The lowest BCUT2D eigenvalue weighted by atomic mass is 10.0. The summed E-state index contributed by atoms with van der Waals surface area (Å²) in [4.78, 5) is 14.2. The predicted molar refractivity (Wildman–Crippen MR) is 93.5 cm³/mol.